The third-order valence-electron chi connectivity index (χ3n) is 2.31. The summed E-state index contributed by atoms with van der Waals surface area (Å²) in [5.74, 6) is 0. The fourth-order valence-corrected chi connectivity index (χ4v) is 1.65. The number of aromatic amines is 1. The first-order valence-electron chi connectivity index (χ1n) is 4.57. The zero-order valence-corrected chi connectivity index (χ0v) is 8.23. The molecule has 4 nitrogen and oxygen atoms in total. The molecule has 0 spiro atoms. The van der Waals surface area contributed by atoms with E-state index in [4.69, 9.17) is 0 Å². The van der Waals surface area contributed by atoms with E-state index in [0.29, 0.717) is 0 Å². The van der Waals surface area contributed by atoms with Crippen LogP contribution in [0, 0.1) is 17.0 Å². The van der Waals surface area contributed by atoms with Crippen molar-refractivity contribution in [1.82, 2.24) is 4.98 Å². The van der Waals surface area contributed by atoms with Crippen molar-refractivity contribution in [2.75, 3.05) is 0 Å². The fraction of sp³-hybridized carbons (Fsp3) is 0.0909. The van der Waals surface area contributed by atoms with Crippen LogP contribution in [0.25, 0.3) is 17.0 Å². The van der Waals surface area contributed by atoms with Gasteiger partial charge in [0, 0.05) is 28.2 Å². The molecule has 0 saturated heterocycles. The number of hydrogen-bond acceptors (Lipinski definition) is 2. The summed E-state index contributed by atoms with van der Waals surface area (Å²) < 4.78 is 0. The topological polar surface area (TPSA) is 58.9 Å². The van der Waals surface area contributed by atoms with Crippen molar-refractivity contribution in [3.05, 3.63) is 51.8 Å². The molecule has 0 aliphatic heterocycles. The third kappa shape index (κ3) is 1.74. The predicted molar refractivity (Wildman–Crippen MR) is 59.1 cm³/mol. The van der Waals surface area contributed by atoms with Crippen LogP contribution < -0.4 is 0 Å². The van der Waals surface area contributed by atoms with Crippen molar-refractivity contribution in [1.29, 1.82) is 0 Å². The van der Waals surface area contributed by atoms with Crippen LogP contribution in [0.4, 0.5) is 0 Å². The molecule has 0 amide bonds. The zero-order chi connectivity index (χ0) is 10.8. The maximum Gasteiger partial charge on any atom is 0.235 e. The molecular weight excluding hydrogens is 192 g/mol. The molecule has 76 valence electrons. The van der Waals surface area contributed by atoms with Gasteiger partial charge in [-0.1, -0.05) is 18.2 Å². The molecule has 2 rings (SSSR count). The van der Waals surface area contributed by atoms with Gasteiger partial charge in [-0.25, -0.2) is 0 Å². The van der Waals surface area contributed by atoms with Gasteiger partial charge in [-0.2, -0.15) is 0 Å². The summed E-state index contributed by atoms with van der Waals surface area (Å²) in [7, 11) is 0. The Morgan fingerprint density at radius 1 is 1.40 bits per heavy atom. The molecule has 1 heterocycles. The molecule has 0 fully saturated rings. The molecule has 15 heavy (non-hydrogen) atoms. The Hall–Kier alpha value is -2.10. The van der Waals surface area contributed by atoms with Crippen molar-refractivity contribution in [3.8, 4) is 0 Å². The molecule has 0 unspecified atom stereocenters. The zero-order valence-electron chi connectivity index (χ0n) is 8.23. The molecule has 0 radical (unpaired) electrons. The van der Waals surface area contributed by atoms with Crippen LogP contribution >= 0.6 is 0 Å². The number of fused-ring (bicyclic) bond motifs is 1. The normalized spacial score (nSPS) is 11.3. The number of nitrogens with one attached hydrogen (secondary N) is 1. The van der Waals surface area contributed by atoms with Gasteiger partial charge < -0.3 is 4.98 Å². The minimum Gasteiger partial charge on any atom is -0.358 e. The summed E-state index contributed by atoms with van der Waals surface area (Å²) >= 11 is 0. The summed E-state index contributed by atoms with van der Waals surface area (Å²) in [5.41, 5.74) is 2.81. The second-order valence-corrected chi connectivity index (χ2v) is 3.31. The number of hydrogen-bond donors (Lipinski definition) is 1. The summed E-state index contributed by atoms with van der Waals surface area (Å²) in [6, 6.07) is 7.74. The first kappa shape index (κ1) is 9.45. The van der Waals surface area contributed by atoms with Gasteiger partial charge >= 0.3 is 0 Å². The van der Waals surface area contributed by atoms with E-state index in [9.17, 15) is 10.1 Å². The number of rotatable bonds is 2. The highest BCUT2D eigenvalue weighted by Gasteiger charge is 2.05. The molecule has 1 aromatic heterocycles. The number of aryl methyl sites for hydroxylation is 1. The largest absolute Gasteiger partial charge is 0.358 e. The minimum atomic E-state index is -0.457. The van der Waals surface area contributed by atoms with Crippen LogP contribution in [0.2, 0.25) is 0 Å². The molecular formula is C11H10N2O2. The van der Waals surface area contributed by atoms with Gasteiger partial charge in [0.15, 0.2) is 0 Å². The first-order valence-corrected chi connectivity index (χ1v) is 4.57. The van der Waals surface area contributed by atoms with E-state index >= 15 is 0 Å². The quantitative estimate of drug-likeness (QED) is 0.601. The second-order valence-electron chi connectivity index (χ2n) is 3.31. The van der Waals surface area contributed by atoms with E-state index in [1.165, 1.54) is 6.08 Å². The molecule has 0 bridgehead atoms. The number of nitrogens with zero attached hydrogens (tertiary/aromatic N) is 1. The highest BCUT2D eigenvalue weighted by atomic mass is 16.6. The van der Waals surface area contributed by atoms with Crippen molar-refractivity contribution in [2.24, 2.45) is 0 Å². The molecule has 4 heteroatoms. The van der Waals surface area contributed by atoms with Crippen molar-refractivity contribution in [3.63, 3.8) is 0 Å². The molecule has 2 aromatic rings. The lowest BCUT2D eigenvalue weighted by molar-refractivity contribution is -0.400. The van der Waals surface area contributed by atoms with Crippen LogP contribution in [0.15, 0.2) is 30.5 Å². The monoisotopic (exact) mass is 202 g/mol. The Bertz CT molecular complexity index is 541. The van der Waals surface area contributed by atoms with E-state index in [-0.39, 0.29) is 0 Å². The maximum absolute atomic E-state index is 10.3. The average Bonchev–Trinajstić information content (AvgIpc) is 2.50. The highest BCUT2D eigenvalue weighted by Crippen LogP contribution is 2.22. The van der Waals surface area contributed by atoms with Crippen LogP contribution in [-0.4, -0.2) is 9.91 Å². The lowest BCUT2D eigenvalue weighted by atomic mass is 10.1. The van der Waals surface area contributed by atoms with Gasteiger partial charge in [-0.3, -0.25) is 10.1 Å². The van der Waals surface area contributed by atoms with Crippen LogP contribution in [-0.2, 0) is 0 Å². The Morgan fingerprint density at radius 3 is 2.87 bits per heavy atom. The lowest BCUT2D eigenvalue weighted by Gasteiger charge is -1.90. The van der Waals surface area contributed by atoms with Crippen LogP contribution in [0.1, 0.15) is 11.3 Å². The number of para-hydroxylation sites is 1. The van der Waals surface area contributed by atoms with E-state index < -0.39 is 4.92 Å². The fourth-order valence-electron chi connectivity index (χ4n) is 1.65. The smallest absolute Gasteiger partial charge is 0.235 e. The average molecular weight is 202 g/mol. The number of benzene rings is 1. The van der Waals surface area contributed by atoms with Gasteiger partial charge in [0.1, 0.15) is 0 Å². The maximum atomic E-state index is 10.3. The Balaban J connectivity index is 2.59. The van der Waals surface area contributed by atoms with Gasteiger partial charge in [-0.05, 0) is 13.0 Å². The van der Waals surface area contributed by atoms with Gasteiger partial charge in [0.2, 0.25) is 6.20 Å². The van der Waals surface area contributed by atoms with Gasteiger partial charge in [0.05, 0.1) is 4.92 Å². The molecule has 0 aliphatic carbocycles. The first-order chi connectivity index (χ1) is 7.18. The van der Waals surface area contributed by atoms with E-state index in [0.717, 1.165) is 28.4 Å². The molecule has 1 N–H and O–H groups in total. The molecule has 1 aromatic carbocycles. The van der Waals surface area contributed by atoms with Crippen molar-refractivity contribution < 1.29 is 4.92 Å². The van der Waals surface area contributed by atoms with E-state index in [1.807, 2.05) is 31.2 Å². The molecule has 0 aliphatic rings. The SMILES string of the molecule is Cc1[nH]c2ccccc2c1C=C[N+](=O)[O-]. The van der Waals surface area contributed by atoms with Crippen LogP contribution in [0.3, 0.4) is 0 Å². The van der Waals surface area contributed by atoms with Gasteiger partial charge in [-0.15, -0.1) is 0 Å². The number of nitro groups is 1. The number of H-pyrrole nitrogens is 1. The van der Waals surface area contributed by atoms with Crippen molar-refractivity contribution in [2.45, 2.75) is 6.92 Å². The molecule has 0 atom stereocenters. The van der Waals surface area contributed by atoms with E-state index in [1.54, 1.807) is 0 Å². The minimum absolute atomic E-state index is 0.457. The summed E-state index contributed by atoms with van der Waals surface area (Å²) in [5, 5.41) is 11.3. The van der Waals surface area contributed by atoms with Gasteiger partial charge in [0.25, 0.3) is 0 Å². The summed E-state index contributed by atoms with van der Waals surface area (Å²) in [6.45, 7) is 1.90. The highest BCUT2D eigenvalue weighted by molar-refractivity contribution is 5.90. The summed E-state index contributed by atoms with van der Waals surface area (Å²) in [4.78, 5) is 13.0. The standard InChI is InChI=1S/C11H10N2O2/c1-8-9(6-7-13(14)15)10-4-2-3-5-11(10)12-8/h2-7,12H,1H3. The lowest BCUT2D eigenvalue weighted by Crippen LogP contribution is -1.83. The third-order valence-corrected chi connectivity index (χ3v) is 2.31. The van der Waals surface area contributed by atoms with E-state index in [2.05, 4.69) is 4.98 Å². The van der Waals surface area contributed by atoms with Crippen LogP contribution in [0.5, 0.6) is 0 Å². The Labute approximate surface area is 86.4 Å². The second kappa shape index (κ2) is 3.57. The number of aromatic nitrogens is 1. The Kier molecular flexibility index (Phi) is 2.25. The Morgan fingerprint density at radius 2 is 2.13 bits per heavy atom. The molecule has 0 saturated carbocycles. The predicted octanol–water partition coefficient (Wildman–Crippen LogP) is 2.72. The summed E-state index contributed by atoms with van der Waals surface area (Å²) in [6.07, 6.45) is 2.48. The van der Waals surface area contributed by atoms with Crippen molar-refractivity contribution >= 4 is 17.0 Å².